The number of hydrogen-bond acceptors (Lipinski definition) is 2. The van der Waals surface area contributed by atoms with Gasteiger partial charge in [0.05, 0.1) is 0 Å². The number of nitrogens with one attached hydrogen (secondary N) is 1. The topological polar surface area (TPSA) is 32.3 Å². The molecular formula is C17H19IN2O. The molecule has 0 atom stereocenters. The van der Waals surface area contributed by atoms with E-state index >= 15 is 0 Å². The maximum Gasteiger partial charge on any atom is 0.255 e. The molecule has 3 nitrogen and oxygen atoms in total. The largest absolute Gasteiger partial charge is 0.372 e. The van der Waals surface area contributed by atoms with Crippen LogP contribution < -0.4 is 10.2 Å². The van der Waals surface area contributed by atoms with Crippen LogP contribution in [0, 0.1) is 3.57 Å². The zero-order valence-corrected chi connectivity index (χ0v) is 14.4. The standard InChI is InChI=1S/C17H19IN2O/c1-3-20(4-2)16-10-8-15(9-11-16)19-17(21)13-6-5-7-14(18)12-13/h5-12H,3-4H2,1-2H3,(H,19,21). The van der Waals surface area contributed by atoms with E-state index in [0.717, 1.165) is 22.3 Å². The van der Waals surface area contributed by atoms with Gasteiger partial charge in [-0.3, -0.25) is 4.79 Å². The van der Waals surface area contributed by atoms with Gasteiger partial charge in [-0.2, -0.15) is 0 Å². The van der Waals surface area contributed by atoms with E-state index in [9.17, 15) is 4.79 Å². The second-order valence-corrected chi connectivity index (χ2v) is 5.93. The van der Waals surface area contributed by atoms with E-state index in [2.05, 4.69) is 46.7 Å². The van der Waals surface area contributed by atoms with Crippen LogP contribution in [0.1, 0.15) is 24.2 Å². The van der Waals surface area contributed by atoms with E-state index in [1.165, 1.54) is 5.69 Å². The molecule has 4 heteroatoms. The van der Waals surface area contributed by atoms with Crippen LogP contribution in [0.15, 0.2) is 48.5 Å². The van der Waals surface area contributed by atoms with E-state index in [4.69, 9.17) is 0 Å². The van der Waals surface area contributed by atoms with Gasteiger partial charge in [0.2, 0.25) is 0 Å². The van der Waals surface area contributed by atoms with E-state index in [0.29, 0.717) is 5.56 Å². The predicted octanol–water partition coefficient (Wildman–Crippen LogP) is 4.39. The molecule has 0 saturated carbocycles. The summed E-state index contributed by atoms with van der Waals surface area (Å²) in [4.78, 5) is 14.4. The highest BCUT2D eigenvalue weighted by Gasteiger charge is 2.07. The Morgan fingerprint density at radius 3 is 2.33 bits per heavy atom. The first-order valence-electron chi connectivity index (χ1n) is 7.06. The first-order valence-corrected chi connectivity index (χ1v) is 8.13. The van der Waals surface area contributed by atoms with Crippen molar-refractivity contribution in [2.45, 2.75) is 13.8 Å². The normalized spacial score (nSPS) is 10.2. The molecule has 0 radical (unpaired) electrons. The van der Waals surface area contributed by atoms with Crippen LogP contribution in [0.2, 0.25) is 0 Å². The van der Waals surface area contributed by atoms with Crippen molar-refractivity contribution in [1.82, 2.24) is 0 Å². The summed E-state index contributed by atoms with van der Waals surface area (Å²) in [6.45, 7) is 6.22. The summed E-state index contributed by atoms with van der Waals surface area (Å²) < 4.78 is 1.05. The minimum atomic E-state index is -0.0795. The van der Waals surface area contributed by atoms with Crippen molar-refractivity contribution in [3.63, 3.8) is 0 Å². The molecule has 2 aromatic rings. The van der Waals surface area contributed by atoms with Crippen LogP contribution in [0.25, 0.3) is 0 Å². The van der Waals surface area contributed by atoms with Gasteiger partial charge in [0.1, 0.15) is 0 Å². The third-order valence-corrected chi connectivity index (χ3v) is 4.01. The highest BCUT2D eigenvalue weighted by Crippen LogP contribution is 2.18. The number of hydrogen-bond donors (Lipinski definition) is 1. The Hall–Kier alpha value is -1.56. The molecule has 0 aliphatic heterocycles. The van der Waals surface area contributed by atoms with Crippen molar-refractivity contribution in [2.75, 3.05) is 23.3 Å². The molecule has 2 aromatic carbocycles. The lowest BCUT2D eigenvalue weighted by atomic mass is 10.2. The Labute approximate surface area is 139 Å². The first-order chi connectivity index (χ1) is 10.1. The molecule has 21 heavy (non-hydrogen) atoms. The van der Waals surface area contributed by atoms with Crippen LogP contribution in [-0.2, 0) is 0 Å². The summed E-state index contributed by atoms with van der Waals surface area (Å²) in [7, 11) is 0. The van der Waals surface area contributed by atoms with Crippen molar-refractivity contribution >= 4 is 39.9 Å². The number of rotatable bonds is 5. The Bertz CT molecular complexity index is 606. The average molecular weight is 394 g/mol. The van der Waals surface area contributed by atoms with E-state index < -0.39 is 0 Å². The highest BCUT2D eigenvalue weighted by molar-refractivity contribution is 14.1. The molecule has 1 N–H and O–H groups in total. The van der Waals surface area contributed by atoms with Gasteiger partial charge in [-0.15, -0.1) is 0 Å². The molecular weight excluding hydrogens is 375 g/mol. The smallest absolute Gasteiger partial charge is 0.255 e. The van der Waals surface area contributed by atoms with Crippen molar-refractivity contribution in [3.05, 3.63) is 57.7 Å². The lowest BCUT2D eigenvalue weighted by Gasteiger charge is -2.21. The average Bonchev–Trinajstić information content (AvgIpc) is 2.50. The van der Waals surface area contributed by atoms with E-state index in [1.807, 2.05) is 48.5 Å². The van der Waals surface area contributed by atoms with Crippen LogP contribution >= 0.6 is 22.6 Å². The van der Waals surface area contributed by atoms with Crippen LogP contribution in [0.3, 0.4) is 0 Å². The highest BCUT2D eigenvalue weighted by atomic mass is 127. The number of benzene rings is 2. The molecule has 0 heterocycles. The Kier molecular flexibility index (Phi) is 5.61. The van der Waals surface area contributed by atoms with Gasteiger partial charge in [0.25, 0.3) is 5.91 Å². The fourth-order valence-electron chi connectivity index (χ4n) is 2.18. The Balaban J connectivity index is 2.08. The second-order valence-electron chi connectivity index (χ2n) is 4.68. The summed E-state index contributed by atoms with van der Waals surface area (Å²) >= 11 is 2.20. The number of carbonyl (C=O) groups excluding carboxylic acids is 1. The van der Waals surface area contributed by atoms with Gasteiger partial charge in [0, 0.05) is 33.6 Å². The summed E-state index contributed by atoms with van der Waals surface area (Å²) in [5, 5.41) is 2.93. The summed E-state index contributed by atoms with van der Waals surface area (Å²) in [5.41, 5.74) is 2.66. The maximum absolute atomic E-state index is 12.2. The summed E-state index contributed by atoms with van der Waals surface area (Å²) in [6.07, 6.45) is 0. The fourth-order valence-corrected chi connectivity index (χ4v) is 2.72. The number of carbonyl (C=O) groups is 1. The minimum Gasteiger partial charge on any atom is -0.372 e. The minimum absolute atomic E-state index is 0.0795. The first kappa shape index (κ1) is 15.8. The molecule has 0 saturated heterocycles. The van der Waals surface area contributed by atoms with Gasteiger partial charge < -0.3 is 10.2 Å². The lowest BCUT2D eigenvalue weighted by molar-refractivity contribution is 0.102. The second kappa shape index (κ2) is 7.45. The Morgan fingerprint density at radius 2 is 1.76 bits per heavy atom. The number of nitrogens with zero attached hydrogens (tertiary/aromatic N) is 1. The van der Waals surface area contributed by atoms with Gasteiger partial charge in [-0.1, -0.05) is 6.07 Å². The maximum atomic E-state index is 12.2. The van der Waals surface area contributed by atoms with Crippen LogP contribution in [0.4, 0.5) is 11.4 Å². The Morgan fingerprint density at radius 1 is 1.10 bits per heavy atom. The van der Waals surface area contributed by atoms with Crippen LogP contribution in [0.5, 0.6) is 0 Å². The molecule has 1 amide bonds. The predicted molar refractivity (Wildman–Crippen MR) is 97.1 cm³/mol. The van der Waals surface area contributed by atoms with E-state index in [-0.39, 0.29) is 5.91 Å². The quantitative estimate of drug-likeness (QED) is 0.763. The summed E-state index contributed by atoms with van der Waals surface area (Å²) in [5.74, 6) is -0.0795. The molecule has 0 aromatic heterocycles. The zero-order chi connectivity index (χ0) is 15.2. The number of anilines is 2. The van der Waals surface area contributed by atoms with Gasteiger partial charge >= 0.3 is 0 Å². The van der Waals surface area contributed by atoms with Crippen molar-refractivity contribution in [2.24, 2.45) is 0 Å². The fraction of sp³-hybridized carbons (Fsp3) is 0.235. The molecule has 0 bridgehead atoms. The number of amides is 1. The van der Waals surface area contributed by atoms with Gasteiger partial charge in [0.15, 0.2) is 0 Å². The molecule has 0 aliphatic carbocycles. The SMILES string of the molecule is CCN(CC)c1ccc(NC(=O)c2cccc(I)c2)cc1. The van der Waals surface area contributed by atoms with E-state index in [1.54, 1.807) is 0 Å². The van der Waals surface area contributed by atoms with Crippen LogP contribution in [-0.4, -0.2) is 19.0 Å². The van der Waals surface area contributed by atoms with Crippen molar-refractivity contribution in [1.29, 1.82) is 0 Å². The molecule has 2 rings (SSSR count). The van der Waals surface area contributed by atoms with Crippen molar-refractivity contribution in [3.8, 4) is 0 Å². The third kappa shape index (κ3) is 4.20. The monoisotopic (exact) mass is 394 g/mol. The van der Waals surface area contributed by atoms with Gasteiger partial charge in [-0.25, -0.2) is 0 Å². The molecule has 0 spiro atoms. The third-order valence-electron chi connectivity index (χ3n) is 3.34. The van der Waals surface area contributed by atoms with Crippen molar-refractivity contribution < 1.29 is 4.79 Å². The summed E-state index contributed by atoms with van der Waals surface area (Å²) in [6, 6.07) is 15.5. The molecule has 0 aliphatic rings. The number of halogens is 1. The molecule has 0 fully saturated rings. The zero-order valence-electron chi connectivity index (χ0n) is 12.3. The molecule has 110 valence electrons. The molecule has 0 unspecified atom stereocenters. The lowest BCUT2D eigenvalue weighted by Crippen LogP contribution is -2.21. The van der Waals surface area contributed by atoms with Gasteiger partial charge in [-0.05, 0) is 78.9 Å².